The first kappa shape index (κ1) is 21.9. The van der Waals surface area contributed by atoms with Crippen LogP contribution in [0.2, 0.25) is 0 Å². The molecule has 0 bridgehead atoms. The average molecular weight is 469 g/mol. The van der Waals surface area contributed by atoms with Gasteiger partial charge in [-0.25, -0.2) is 13.4 Å². The van der Waals surface area contributed by atoms with Crippen molar-refractivity contribution < 1.29 is 18.3 Å². The van der Waals surface area contributed by atoms with E-state index in [1.54, 1.807) is 35.6 Å². The van der Waals surface area contributed by atoms with Crippen molar-refractivity contribution in [1.29, 1.82) is 0 Å². The molecule has 8 nitrogen and oxygen atoms in total. The van der Waals surface area contributed by atoms with Gasteiger partial charge in [-0.05, 0) is 41.8 Å². The van der Waals surface area contributed by atoms with Crippen LogP contribution in [0.25, 0.3) is 10.1 Å². The van der Waals surface area contributed by atoms with Gasteiger partial charge >= 0.3 is 5.97 Å². The number of aliphatic carboxylic acids is 1. The van der Waals surface area contributed by atoms with Crippen molar-refractivity contribution in [3.8, 4) is 0 Å². The number of carboxylic acids is 1. The Labute approximate surface area is 188 Å². The molecule has 0 fully saturated rings. The van der Waals surface area contributed by atoms with Gasteiger partial charge in [0.1, 0.15) is 12.4 Å². The Balaban J connectivity index is 1.66. The number of rotatable bonds is 9. The maximum atomic E-state index is 13.4. The predicted octanol–water partition coefficient (Wildman–Crippen LogP) is 3.45. The lowest BCUT2D eigenvalue weighted by Gasteiger charge is -2.19. The molecule has 3 aromatic heterocycles. The lowest BCUT2D eigenvalue weighted by Crippen LogP contribution is -2.29. The Kier molecular flexibility index (Phi) is 6.45. The molecule has 3 N–H and O–H groups in total. The number of nitrogens with zero attached hydrogens (tertiary/aromatic N) is 2. The summed E-state index contributed by atoms with van der Waals surface area (Å²) in [6.45, 7) is -0.0103. The van der Waals surface area contributed by atoms with E-state index >= 15 is 0 Å². The Hall–Kier alpha value is -3.34. The van der Waals surface area contributed by atoms with Gasteiger partial charge in [-0.2, -0.15) is 0 Å². The van der Waals surface area contributed by atoms with Crippen LogP contribution in [0.1, 0.15) is 15.9 Å². The van der Waals surface area contributed by atoms with Crippen molar-refractivity contribution in [2.24, 2.45) is 0 Å². The first-order chi connectivity index (χ1) is 15.4. The lowest BCUT2D eigenvalue weighted by atomic mass is 10.2. The predicted molar refractivity (Wildman–Crippen MR) is 123 cm³/mol. The number of thiophene rings is 1. The summed E-state index contributed by atoms with van der Waals surface area (Å²) in [5.41, 5.74) is 0.255. The van der Waals surface area contributed by atoms with Crippen molar-refractivity contribution in [1.82, 2.24) is 15.3 Å². The highest BCUT2D eigenvalue weighted by atomic mass is 32.2. The fraction of sp³-hybridized carbons (Fsp3) is 0.136. The van der Waals surface area contributed by atoms with E-state index in [0.29, 0.717) is 6.54 Å². The number of hydrogen-bond donors (Lipinski definition) is 3. The molecule has 0 aliphatic rings. The zero-order valence-corrected chi connectivity index (χ0v) is 18.4. The molecule has 0 spiro atoms. The SMILES string of the molecule is O=C(O)CNc1cccc(C(NCc2cc3ccccc3s2)S(=O)(=O)c2cccnc2)n1. The summed E-state index contributed by atoms with van der Waals surface area (Å²) in [5, 5.41) is 14.7. The van der Waals surface area contributed by atoms with E-state index in [-0.39, 0.29) is 23.0 Å². The van der Waals surface area contributed by atoms with E-state index in [4.69, 9.17) is 5.11 Å². The number of carbonyl (C=O) groups is 1. The van der Waals surface area contributed by atoms with E-state index in [0.717, 1.165) is 15.0 Å². The summed E-state index contributed by atoms with van der Waals surface area (Å²) in [4.78, 5) is 20.2. The van der Waals surface area contributed by atoms with Crippen LogP contribution in [0.5, 0.6) is 0 Å². The standard InChI is InChI=1S/C22H20N4O4S2/c27-21(28)14-24-20-9-3-7-18(26-20)22(32(29,30)17-6-4-10-23-13-17)25-12-16-11-15-5-1-2-8-19(15)31-16/h1-11,13,22,25H,12,14H2,(H,24,26)(H,27,28). The maximum Gasteiger partial charge on any atom is 0.322 e. The third kappa shape index (κ3) is 4.93. The summed E-state index contributed by atoms with van der Waals surface area (Å²) in [6, 6.07) is 17.9. The molecule has 10 heteroatoms. The molecule has 0 saturated carbocycles. The highest BCUT2D eigenvalue weighted by molar-refractivity contribution is 7.91. The van der Waals surface area contributed by atoms with Gasteiger partial charge in [-0.1, -0.05) is 24.3 Å². The molecule has 0 aliphatic heterocycles. The van der Waals surface area contributed by atoms with Crippen LogP contribution in [0, 0.1) is 0 Å². The molecule has 1 atom stereocenters. The molecule has 0 amide bonds. The number of benzene rings is 1. The highest BCUT2D eigenvalue weighted by Gasteiger charge is 2.30. The molecule has 1 unspecified atom stereocenters. The Morgan fingerprint density at radius 3 is 2.69 bits per heavy atom. The molecular weight excluding hydrogens is 448 g/mol. The molecule has 0 saturated heterocycles. The van der Waals surface area contributed by atoms with Crippen molar-refractivity contribution in [2.45, 2.75) is 16.8 Å². The minimum absolute atomic E-state index is 0.0690. The molecule has 1 aromatic carbocycles. The van der Waals surface area contributed by atoms with Crippen LogP contribution in [0.4, 0.5) is 5.82 Å². The van der Waals surface area contributed by atoms with Gasteiger partial charge in [0.15, 0.2) is 5.37 Å². The Bertz CT molecular complexity index is 1310. The Morgan fingerprint density at radius 2 is 1.94 bits per heavy atom. The van der Waals surface area contributed by atoms with Gasteiger partial charge < -0.3 is 10.4 Å². The molecule has 4 aromatic rings. The molecule has 3 heterocycles. The van der Waals surface area contributed by atoms with E-state index in [2.05, 4.69) is 20.6 Å². The average Bonchev–Trinajstić information content (AvgIpc) is 3.21. The minimum Gasteiger partial charge on any atom is -0.480 e. The van der Waals surface area contributed by atoms with Crippen LogP contribution in [-0.4, -0.2) is 36.0 Å². The van der Waals surface area contributed by atoms with Crippen molar-refractivity contribution >= 4 is 43.0 Å². The summed E-state index contributed by atoms with van der Waals surface area (Å²) in [6.07, 6.45) is 2.81. The fourth-order valence-electron chi connectivity index (χ4n) is 3.20. The number of hydrogen-bond acceptors (Lipinski definition) is 8. The number of fused-ring (bicyclic) bond motifs is 1. The third-order valence-corrected chi connectivity index (χ3v) is 7.71. The minimum atomic E-state index is -3.88. The molecule has 0 radical (unpaired) electrons. The normalized spacial score (nSPS) is 12.5. The van der Waals surface area contributed by atoms with Gasteiger partial charge in [0.05, 0.1) is 10.6 Å². The molecule has 32 heavy (non-hydrogen) atoms. The highest BCUT2D eigenvalue weighted by Crippen LogP contribution is 2.29. The first-order valence-corrected chi connectivity index (χ1v) is 12.1. The van der Waals surface area contributed by atoms with Gasteiger partial charge in [-0.15, -0.1) is 11.3 Å². The van der Waals surface area contributed by atoms with Crippen LogP contribution in [-0.2, 0) is 21.2 Å². The number of pyridine rings is 2. The van der Waals surface area contributed by atoms with Gasteiger partial charge in [0, 0.05) is 28.5 Å². The van der Waals surface area contributed by atoms with Crippen LogP contribution in [0.3, 0.4) is 0 Å². The summed E-state index contributed by atoms with van der Waals surface area (Å²) < 4.78 is 28.0. The van der Waals surface area contributed by atoms with Crippen LogP contribution >= 0.6 is 11.3 Å². The second-order valence-electron chi connectivity index (χ2n) is 6.94. The van der Waals surface area contributed by atoms with Crippen molar-refractivity contribution in [2.75, 3.05) is 11.9 Å². The number of nitrogens with one attached hydrogen (secondary N) is 2. The smallest absolute Gasteiger partial charge is 0.322 e. The van der Waals surface area contributed by atoms with Crippen molar-refractivity contribution in [3.05, 3.63) is 83.6 Å². The summed E-state index contributed by atoms with van der Waals surface area (Å²) in [5.74, 6) is -0.764. The second kappa shape index (κ2) is 9.43. The van der Waals surface area contributed by atoms with Gasteiger partial charge in [0.2, 0.25) is 9.84 Å². The van der Waals surface area contributed by atoms with E-state index in [9.17, 15) is 13.2 Å². The zero-order valence-electron chi connectivity index (χ0n) is 16.8. The number of aromatic nitrogens is 2. The molecule has 4 rings (SSSR count). The van der Waals surface area contributed by atoms with Crippen molar-refractivity contribution in [3.63, 3.8) is 0 Å². The first-order valence-electron chi connectivity index (χ1n) is 9.71. The Morgan fingerprint density at radius 1 is 1.09 bits per heavy atom. The van der Waals surface area contributed by atoms with Crippen LogP contribution < -0.4 is 10.6 Å². The van der Waals surface area contributed by atoms with E-state index in [1.165, 1.54) is 18.5 Å². The lowest BCUT2D eigenvalue weighted by molar-refractivity contribution is -0.134. The maximum absolute atomic E-state index is 13.4. The second-order valence-corrected chi connectivity index (χ2v) is 10.1. The summed E-state index contributed by atoms with van der Waals surface area (Å²) in [7, 11) is -3.88. The van der Waals surface area contributed by atoms with Crippen LogP contribution in [0.15, 0.2) is 78.0 Å². The topological polar surface area (TPSA) is 121 Å². The monoisotopic (exact) mass is 468 g/mol. The molecule has 0 aliphatic carbocycles. The largest absolute Gasteiger partial charge is 0.480 e. The fourth-order valence-corrected chi connectivity index (χ4v) is 5.72. The summed E-state index contributed by atoms with van der Waals surface area (Å²) >= 11 is 1.59. The zero-order chi connectivity index (χ0) is 22.6. The van der Waals surface area contributed by atoms with E-state index in [1.807, 2.05) is 30.3 Å². The third-order valence-electron chi connectivity index (χ3n) is 4.67. The number of carboxylic acid groups (broad SMARTS) is 1. The van der Waals surface area contributed by atoms with Gasteiger partial charge in [0.25, 0.3) is 0 Å². The number of anilines is 1. The molecule has 164 valence electrons. The quantitative estimate of drug-likeness (QED) is 0.342. The van der Waals surface area contributed by atoms with E-state index < -0.39 is 21.2 Å². The number of sulfone groups is 1. The van der Waals surface area contributed by atoms with Gasteiger partial charge in [-0.3, -0.25) is 15.1 Å². The molecular formula is C22H20N4O4S2.